The van der Waals surface area contributed by atoms with E-state index in [0.29, 0.717) is 0 Å². The third-order valence-electron chi connectivity index (χ3n) is 12.5. The first kappa shape index (κ1) is 39.6. The van der Waals surface area contributed by atoms with E-state index in [4.69, 9.17) is 0 Å². The summed E-state index contributed by atoms with van der Waals surface area (Å²) in [5, 5.41) is 5.20. The van der Waals surface area contributed by atoms with Crippen molar-refractivity contribution in [3.63, 3.8) is 0 Å². The molecule has 10 aromatic carbocycles. The molecule has 2 heterocycles. The molecule has 0 spiro atoms. The van der Waals surface area contributed by atoms with Gasteiger partial charge in [0.25, 0.3) is 0 Å². The highest BCUT2D eigenvalue weighted by atomic mass is 32.1. The van der Waals surface area contributed by atoms with Gasteiger partial charge < -0.3 is 9.80 Å². The summed E-state index contributed by atoms with van der Waals surface area (Å²) in [6.45, 7) is 0. The lowest BCUT2D eigenvalue weighted by molar-refractivity contribution is 1.30. The van der Waals surface area contributed by atoms with Crippen LogP contribution in [0, 0.1) is 0 Å². The minimum atomic E-state index is 1.13. The largest absolute Gasteiger partial charge is 0.309 e. The molecule has 312 valence electrons. The van der Waals surface area contributed by atoms with E-state index in [1.165, 1.54) is 74.0 Å². The minimum Gasteiger partial charge on any atom is -0.309 e. The Hall–Kier alpha value is -8.02. The van der Waals surface area contributed by atoms with Gasteiger partial charge in [-0.25, -0.2) is 0 Å². The van der Waals surface area contributed by atoms with Gasteiger partial charge in [-0.05, 0) is 106 Å². The molecule has 0 bridgehead atoms. The number of nitrogens with zero attached hydrogens (tertiary/aromatic N) is 2. The predicted molar refractivity (Wildman–Crippen MR) is 288 cm³/mol. The molecule has 0 unspecified atom stereocenters. The Morgan fingerprint density at radius 3 is 0.970 bits per heavy atom. The van der Waals surface area contributed by atoms with Crippen LogP contribution in [0.15, 0.2) is 243 Å². The van der Waals surface area contributed by atoms with Crippen molar-refractivity contribution in [2.75, 3.05) is 9.80 Å². The topological polar surface area (TPSA) is 6.48 Å². The summed E-state index contributed by atoms with van der Waals surface area (Å²) in [5.41, 5.74) is 14.0. The Morgan fingerprint density at radius 1 is 0.258 bits per heavy atom. The van der Waals surface area contributed by atoms with Gasteiger partial charge in [-0.2, -0.15) is 0 Å². The van der Waals surface area contributed by atoms with Crippen molar-refractivity contribution >= 4 is 109 Å². The molecule has 2 aromatic heterocycles. The number of para-hydroxylation sites is 2. The zero-order valence-corrected chi connectivity index (χ0v) is 37.6. The van der Waals surface area contributed by atoms with Gasteiger partial charge in [0, 0.05) is 53.7 Å². The molecule has 2 nitrogen and oxygen atoms in total. The number of benzene rings is 10. The normalized spacial score (nSPS) is 11.6. The van der Waals surface area contributed by atoms with Gasteiger partial charge >= 0.3 is 0 Å². The fourth-order valence-corrected chi connectivity index (χ4v) is 11.6. The summed E-state index contributed by atoms with van der Waals surface area (Å²) < 4.78 is 5.20. The van der Waals surface area contributed by atoms with Crippen LogP contribution in [0.5, 0.6) is 0 Å². The Bertz CT molecular complexity index is 3420. The third kappa shape index (κ3) is 7.42. The molecule has 0 radical (unpaired) electrons. The Balaban J connectivity index is 0.758. The van der Waals surface area contributed by atoms with Crippen molar-refractivity contribution in [2.45, 2.75) is 0 Å². The van der Waals surface area contributed by atoms with Crippen LogP contribution >= 0.6 is 22.7 Å². The molecule has 0 amide bonds. The van der Waals surface area contributed by atoms with Gasteiger partial charge in [-0.1, -0.05) is 182 Å². The Labute approximate surface area is 392 Å². The van der Waals surface area contributed by atoms with E-state index in [2.05, 4.69) is 265 Å². The SMILES string of the molecule is C(=C\c1ccc(-c2ccc(N(c3ccccc3)c3cccc4c3sc3ccccc34)cc2)cc1)/c1ccc(-c2ccc(N(c3ccccc3)c3cccc4c3sc3ccccc34)cc2)cc1. The van der Waals surface area contributed by atoms with Crippen LogP contribution in [0.1, 0.15) is 11.1 Å². The van der Waals surface area contributed by atoms with Crippen LogP contribution in [0.2, 0.25) is 0 Å². The summed E-state index contributed by atoms with van der Waals surface area (Å²) in [5.74, 6) is 0. The molecule has 0 saturated carbocycles. The smallest absolute Gasteiger partial charge is 0.0640 e. The third-order valence-corrected chi connectivity index (χ3v) is 14.9. The molecule has 0 aliphatic heterocycles. The average Bonchev–Trinajstić information content (AvgIpc) is 3.97. The minimum absolute atomic E-state index is 1.13. The number of fused-ring (bicyclic) bond motifs is 6. The van der Waals surface area contributed by atoms with Gasteiger partial charge in [0.15, 0.2) is 0 Å². The first-order chi connectivity index (χ1) is 32.7. The number of anilines is 6. The van der Waals surface area contributed by atoms with Crippen LogP contribution in [-0.2, 0) is 0 Å². The number of hydrogen-bond acceptors (Lipinski definition) is 4. The molecule has 0 aliphatic rings. The van der Waals surface area contributed by atoms with Crippen LogP contribution in [0.4, 0.5) is 34.1 Å². The summed E-state index contributed by atoms with van der Waals surface area (Å²) in [4.78, 5) is 4.76. The highest BCUT2D eigenvalue weighted by Crippen LogP contribution is 2.46. The molecule has 0 aliphatic carbocycles. The molecule has 4 heteroatoms. The molecular weight excluding hydrogens is 837 g/mol. The predicted octanol–water partition coefficient (Wildman–Crippen LogP) is 18.9. The lowest BCUT2D eigenvalue weighted by Crippen LogP contribution is -2.09. The first-order valence-corrected chi connectivity index (χ1v) is 24.0. The van der Waals surface area contributed by atoms with Crippen LogP contribution in [-0.4, -0.2) is 0 Å². The van der Waals surface area contributed by atoms with Crippen molar-refractivity contribution in [3.8, 4) is 22.3 Å². The zero-order valence-electron chi connectivity index (χ0n) is 36.0. The second kappa shape index (κ2) is 17.2. The zero-order chi connectivity index (χ0) is 43.8. The summed E-state index contributed by atoms with van der Waals surface area (Å²) in [6, 6.07) is 87.7. The summed E-state index contributed by atoms with van der Waals surface area (Å²) >= 11 is 3.72. The Morgan fingerprint density at radius 2 is 0.576 bits per heavy atom. The van der Waals surface area contributed by atoms with E-state index in [1.54, 1.807) is 0 Å². The molecule has 0 atom stereocenters. The van der Waals surface area contributed by atoms with Crippen LogP contribution < -0.4 is 9.80 Å². The Kier molecular flexibility index (Phi) is 10.3. The quantitative estimate of drug-likeness (QED) is 0.126. The van der Waals surface area contributed by atoms with Gasteiger partial charge in [0.2, 0.25) is 0 Å². The standard InChI is InChI=1S/C62H42N2S2/c1-3-13-49(14-4-1)63(57-21-11-19-55-53-17-7-9-23-59(53)65-61(55)57)51-39-35-47(36-40-51)45-31-27-43(28-32-45)25-26-44-29-33-46(34-30-44)48-37-41-52(42-38-48)64(50-15-5-2-6-16-50)58-22-12-20-56-54-18-8-10-24-60(54)66-62(56)58/h1-42H/b26-25+. The van der Waals surface area contributed by atoms with Crippen LogP contribution in [0.25, 0.3) is 74.8 Å². The molecule has 12 rings (SSSR count). The van der Waals surface area contributed by atoms with Gasteiger partial charge in [-0.15, -0.1) is 22.7 Å². The van der Waals surface area contributed by atoms with E-state index >= 15 is 0 Å². The van der Waals surface area contributed by atoms with Gasteiger partial charge in [0.1, 0.15) is 0 Å². The molecular formula is C62H42N2S2. The number of rotatable bonds is 10. The first-order valence-electron chi connectivity index (χ1n) is 22.3. The average molecular weight is 879 g/mol. The van der Waals surface area contributed by atoms with E-state index < -0.39 is 0 Å². The number of thiophene rings is 2. The maximum Gasteiger partial charge on any atom is 0.0640 e. The molecule has 66 heavy (non-hydrogen) atoms. The monoisotopic (exact) mass is 878 g/mol. The maximum absolute atomic E-state index is 2.38. The van der Waals surface area contributed by atoms with Crippen molar-refractivity contribution in [2.24, 2.45) is 0 Å². The van der Waals surface area contributed by atoms with Crippen molar-refractivity contribution in [3.05, 3.63) is 254 Å². The molecule has 0 fully saturated rings. The van der Waals surface area contributed by atoms with E-state index in [1.807, 2.05) is 22.7 Å². The fourth-order valence-electron chi connectivity index (χ4n) is 9.20. The lowest BCUT2D eigenvalue weighted by atomic mass is 10.0. The lowest BCUT2D eigenvalue weighted by Gasteiger charge is -2.26. The van der Waals surface area contributed by atoms with Crippen molar-refractivity contribution in [1.82, 2.24) is 0 Å². The maximum atomic E-state index is 2.38. The van der Waals surface area contributed by atoms with Gasteiger partial charge in [-0.3, -0.25) is 0 Å². The second-order valence-electron chi connectivity index (χ2n) is 16.5. The highest BCUT2D eigenvalue weighted by molar-refractivity contribution is 7.26. The molecule has 0 saturated heterocycles. The van der Waals surface area contributed by atoms with Gasteiger partial charge in [0.05, 0.1) is 20.8 Å². The van der Waals surface area contributed by atoms with E-state index in [9.17, 15) is 0 Å². The fraction of sp³-hybridized carbons (Fsp3) is 0. The van der Waals surface area contributed by atoms with Crippen molar-refractivity contribution in [1.29, 1.82) is 0 Å². The van der Waals surface area contributed by atoms with Crippen molar-refractivity contribution < 1.29 is 0 Å². The molecule has 12 aromatic rings. The number of hydrogen-bond donors (Lipinski definition) is 0. The van der Waals surface area contributed by atoms with E-state index in [-0.39, 0.29) is 0 Å². The summed E-state index contributed by atoms with van der Waals surface area (Å²) in [6.07, 6.45) is 4.39. The highest BCUT2D eigenvalue weighted by Gasteiger charge is 2.20. The van der Waals surface area contributed by atoms with E-state index in [0.717, 1.165) is 33.9 Å². The second-order valence-corrected chi connectivity index (χ2v) is 18.6. The molecule has 0 N–H and O–H groups in total. The van der Waals surface area contributed by atoms with Crippen LogP contribution in [0.3, 0.4) is 0 Å². The summed E-state index contributed by atoms with van der Waals surface area (Å²) in [7, 11) is 0.